The number of nitrogens with one attached hydrogen (secondary N) is 4. The van der Waals surface area contributed by atoms with Gasteiger partial charge in [0.25, 0.3) is 0 Å². The van der Waals surface area contributed by atoms with Gasteiger partial charge in [0, 0.05) is 13.3 Å². The number of carboxylic acid groups (broad SMARTS) is 3. The van der Waals surface area contributed by atoms with E-state index in [0.717, 1.165) is 6.92 Å². The highest BCUT2D eigenvalue weighted by Gasteiger charge is 2.32. The molecule has 0 aliphatic carbocycles. The third-order valence-corrected chi connectivity index (χ3v) is 4.49. The highest BCUT2D eigenvalue weighted by molar-refractivity contribution is 5.96. The van der Waals surface area contributed by atoms with Crippen LogP contribution in [-0.4, -0.2) is 87.3 Å². The maximum Gasteiger partial charge on any atom is 0.305 e. The van der Waals surface area contributed by atoms with Crippen molar-refractivity contribution in [3.8, 4) is 0 Å². The average molecular weight is 502 g/mol. The van der Waals surface area contributed by atoms with Gasteiger partial charge in [0.2, 0.25) is 23.6 Å². The van der Waals surface area contributed by atoms with E-state index in [0.29, 0.717) is 0 Å². The Morgan fingerprint density at radius 1 is 0.714 bits per heavy atom. The molecule has 196 valence electrons. The number of hydrogen-bond donors (Lipinski definition) is 7. The largest absolute Gasteiger partial charge is 0.481 e. The predicted octanol–water partition coefficient (Wildman–Crippen LogP) is -2.39. The zero-order valence-corrected chi connectivity index (χ0v) is 19.4. The molecular formula is C20H30N4O11. The van der Waals surface area contributed by atoms with E-state index in [-0.39, 0.29) is 6.29 Å². The Bertz CT molecular complexity index is 827. The van der Waals surface area contributed by atoms with Crippen molar-refractivity contribution in [3.05, 3.63) is 0 Å². The Labute approximate surface area is 200 Å². The molecule has 0 saturated carbocycles. The van der Waals surface area contributed by atoms with Crippen molar-refractivity contribution in [2.24, 2.45) is 5.92 Å². The molecule has 15 heteroatoms. The normalized spacial score (nSPS) is 13.9. The standard InChI is InChI=1S/C20H30N4O11/c1-9(2)17(20(35)22-11(8-25)6-15(29)30)24-18(33)12(4-5-14(27)28)23-19(34)13(7-16(31)32)21-10(3)26/h8-9,11-13,17H,4-7H2,1-3H3,(H,21,26)(H,22,35)(H,23,34)(H,24,33)(H,27,28)(H,29,30)(H,31,32)/t11-,12-,13-,17-/m1/s1. The molecule has 0 heterocycles. The third kappa shape index (κ3) is 12.7. The summed E-state index contributed by atoms with van der Waals surface area (Å²) >= 11 is 0. The highest BCUT2D eigenvalue weighted by Crippen LogP contribution is 2.07. The van der Waals surface area contributed by atoms with Crippen LogP contribution in [0, 0.1) is 5.92 Å². The minimum atomic E-state index is -1.56. The van der Waals surface area contributed by atoms with Crippen LogP contribution in [0.3, 0.4) is 0 Å². The van der Waals surface area contributed by atoms with Crippen molar-refractivity contribution in [1.82, 2.24) is 21.3 Å². The Morgan fingerprint density at radius 2 is 1.26 bits per heavy atom. The first-order valence-corrected chi connectivity index (χ1v) is 10.5. The maximum absolute atomic E-state index is 12.8. The van der Waals surface area contributed by atoms with Crippen LogP contribution in [0.1, 0.15) is 46.5 Å². The van der Waals surface area contributed by atoms with Crippen LogP contribution >= 0.6 is 0 Å². The second-order valence-corrected chi connectivity index (χ2v) is 7.92. The van der Waals surface area contributed by atoms with Gasteiger partial charge in [-0.05, 0) is 12.3 Å². The molecule has 0 saturated heterocycles. The highest BCUT2D eigenvalue weighted by atomic mass is 16.4. The van der Waals surface area contributed by atoms with Gasteiger partial charge < -0.3 is 41.4 Å². The van der Waals surface area contributed by atoms with Crippen molar-refractivity contribution in [3.63, 3.8) is 0 Å². The van der Waals surface area contributed by atoms with E-state index in [1.54, 1.807) is 0 Å². The number of carbonyl (C=O) groups is 8. The summed E-state index contributed by atoms with van der Waals surface area (Å²) in [5, 5.41) is 35.5. The zero-order chi connectivity index (χ0) is 27.3. The lowest BCUT2D eigenvalue weighted by molar-refractivity contribution is -0.141. The molecular weight excluding hydrogens is 472 g/mol. The molecule has 0 unspecified atom stereocenters. The van der Waals surface area contributed by atoms with Crippen molar-refractivity contribution in [2.75, 3.05) is 0 Å². The van der Waals surface area contributed by atoms with Crippen molar-refractivity contribution in [2.45, 2.75) is 70.6 Å². The summed E-state index contributed by atoms with van der Waals surface area (Å²) in [6.07, 6.45) is -2.31. The van der Waals surface area contributed by atoms with Gasteiger partial charge in [-0.3, -0.25) is 33.6 Å². The lowest BCUT2D eigenvalue weighted by atomic mass is 10.0. The van der Waals surface area contributed by atoms with Gasteiger partial charge in [-0.2, -0.15) is 0 Å². The van der Waals surface area contributed by atoms with Gasteiger partial charge in [0.15, 0.2) is 0 Å². The molecule has 15 nitrogen and oxygen atoms in total. The molecule has 7 N–H and O–H groups in total. The van der Waals surface area contributed by atoms with Crippen LogP contribution < -0.4 is 21.3 Å². The van der Waals surface area contributed by atoms with Crippen LogP contribution in [0.4, 0.5) is 0 Å². The van der Waals surface area contributed by atoms with Gasteiger partial charge >= 0.3 is 17.9 Å². The molecule has 0 aromatic carbocycles. The average Bonchev–Trinajstić information content (AvgIpc) is 2.71. The Balaban J connectivity index is 5.66. The Kier molecular flexibility index (Phi) is 13.2. The topological polar surface area (TPSA) is 245 Å². The van der Waals surface area contributed by atoms with E-state index in [1.165, 1.54) is 13.8 Å². The summed E-state index contributed by atoms with van der Waals surface area (Å²) < 4.78 is 0. The first-order chi connectivity index (χ1) is 16.2. The molecule has 0 spiro atoms. The second kappa shape index (κ2) is 15.0. The number of amides is 4. The van der Waals surface area contributed by atoms with Crippen LogP contribution in [0.25, 0.3) is 0 Å². The van der Waals surface area contributed by atoms with E-state index in [4.69, 9.17) is 15.3 Å². The number of aldehydes is 1. The fourth-order valence-electron chi connectivity index (χ4n) is 2.82. The van der Waals surface area contributed by atoms with Crippen molar-refractivity contribution in [1.29, 1.82) is 0 Å². The monoisotopic (exact) mass is 502 g/mol. The Hall–Kier alpha value is -4.04. The van der Waals surface area contributed by atoms with Crippen molar-refractivity contribution < 1.29 is 53.7 Å². The third-order valence-electron chi connectivity index (χ3n) is 4.49. The van der Waals surface area contributed by atoms with Crippen molar-refractivity contribution >= 4 is 47.8 Å². The summed E-state index contributed by atoms with van der Waals surface area (Å²) in [5.74, 6) is -8.33. The molecule has 0 rings (SSSR count). The fourth-order valence-corrected chi connectivity index (χ4v) is 2.82. The molecule has 4 amide bonds. The van der Waals surface area contributed by atoms with E-state index < -0.39 is 97.3 Å². The van der Waals surface area contributed by atoms with E-state index in [1.807, 2.05) is 0 Å². The first-order valence-electron chi connectivity index (χ1n) is 10.5. The van der Waals surface area contributed by atoms with Crippen LogP contribution in [-0.2, 0) is 38.4 Å². The lowest BCUT2D eigenvalue weighted by Crippen LogP contribution is -2.58. The molecule has 0 aliphatic heterocycles. The number of aliphatic carboxylic acids is 3. The molecule has 35 heavy (non-hydrogen) atoms. The minimum absolute atomic E-state index is 0.214. The van der Waals surface area contributed by atoms with Gasteiger partial charge in [0.1, 0.15) is 24.4 Å². The zero-order valence-electron chi connectivity index (χ0n) is 19.4. The van der Waals surface area contributed by atoms with Gasteiger partial charge in [-0.1, -0.05) is 13.8 Å². The van der Waals surface area contributed by atoms with E-state index in [9.17, 15) is 38.4 Å². The Morgan fingerprint density at radius 3 is 1.69 bits per heavy atom. The molecule has 0 radical (unpaired) electrons. The molecule has 4 atom stereocenters. The molecule has 0 aromatic rings. The summed E-state index contributed by atoms with van der Waals surface area (Å²) in [6.45, 7) is 4.10. The number of hydrogen-bond acceptors (Lipinski definition) is 8. The SMILES string of the molecule is CC(=O)N[C@H](CC(=O)O)C(=O)N[C@H](CCC(=O)O)C(=O)N[C@@H](C(=O)N[C@@H](C=O)CC(=O)O)C(C)C. The van der Waals surface area contributed by atoms with Gasteiger partial charge in [0.05, 0.1) is 18.9 Å². The summed E-state index contributed by atoms with van der Waals surface area (Å²) in [5.41, 5.74) is 0. The quantitative estimate of drug-likeness (QED) is 0.110. The van der Waals surface area contributed by atoms with Crippen LogP contribution in [0.5, 0.6) is 0 Å². The van der Waals surface area contributed by atoms with Crippen LogP contribution in [0.2, 0.25) is 0 Å². The molecule has 0 fully saturated rings. The minimum Gasteiger partial charge on any atom is -0.481 e. The summed E-state index contributed by atoms with van der Waals surface area (Å²) in [7, 11) is 0. The second-order valence-electron chi connectivity index (χ2n) is 7.92. The van der Waals surface area contributed by atoms with Gasteiger partial charge in [-0.15, -0.1) is 0 Å². The number of carbonyl (C=O) groups excluding carboxylic acids is 5. The molecule has 0 bridgehead atoms. The summed E-state index contributed by atoms with van der Waals surface area (Å²) in [4.78, 5) is 93.1. The van der Waals surface area contributed by atoms with Gasteiger partial charge in [-0.25, -0.2) is 0 Å². The van der Waals surface area contributed by atoms with Crippen LogP contribution in [0.15, 0.2) is 0 Å². The number of rotatable bonds is 16. The number of carboxylic acids is 3. The molecule has 0 aliphatic rings. The fraction of sp³-hybridized carbons (Fsp3) is 0.600. The maximum atomic E-state index is 12.8. The smallest absolute Gasteiger partial charge is 0.305 e. The van der Waals surface area contributed by atoms with E-state index >= 15 is 0 Å². The first kappa shape index (κ1) is 31.0. The molecule has 0 aromatic heterocycles. The predicted molar refractivity (Wildman–Crippen MR) is 116 cm³/mol. The van der Waals surface area contributed by atoms with E-state index in [2.05, 4.69) is 21.3 Å². The lowest BCUT2D eigenvalue weighted by Gasteiger charge is -2.27. The summed E-state index contributed by atoms with van der Waals surface area (Å²) in [6, 6.07) is -5.75.